The van der Waals surface area contributed by atoms with Gasteiger partial charge < -0.3 is 4.74 Å². The lowest BCUT2D eigenvalue weighted by Gasteiger charge is -2.11. The van der Waals surface area contributed by atoms with Gasteiger partial charge in [0.25, 0.3) is 0 Å². The van der Waals surface area contributed by atoms with Crippen LogP contribution in [0.5, 0.6) is 5.75 Å². The van der Waals surface area contributed by atoms with Crippen molar-refractivity contribution in [3.8, 4) is 16.9 Å². The van der Waals surface area contributed by atoms with E-state index in [1.165, 1.54) is 0 Å². The molecule has 25 heavy (non-hydrogen) atoms. The van der Waals surface area contributed by atoms with E-state index >= 15 is 0 Å². The smallest absolute Gasteiger partial charge is 0.234 e. The molecule has 0 aliphatic heterocycles. The van der Waals surface area contributed by atoms with Crippen molar-refractivity contribution in [3.63, 3.8) is 0 Å². The summed E-state index contributed by atoms with van der Waals surface area (Å²) >= 11 is 6.34. The van der Waals surface area contributed by atoms with Crippen LogP contribution in [0.2, 0.25) is 5.02 Å². The number of carbonyl (C=O) groups excluding carboxylic acids is 2. The number of carbonyl (C=O) groups is 2. The minimum atomic E-state index is -0.561. The van der Waals surface area contributed by atoms with Gasteiger partial charge >= 0.3 is 0 Å². The van der Waals surface area contributed by atoms with Crippen LogP contribution < -0.4 is 4.74 Å². The first kappa shape index (κ1) is 16.9. The van der Waals surface area contributed by atoms with E-state index in [4.69, 9.17) is 16.3 Å². The van der Waals surface area contributed by atoms with Gasteiger partial charge in [-0.1, -0.05) is 66.2 Å². The Bertz CT molecular complexity index is 933. The Morgan fingerprint density at radius 2 is 1.48 bits per heavy atom. The van der Waals surface area contributed by atoms with Gasteiger partial charge in [-0.15, -0.1) is 0 Å². The molecule has 0 fully saturated rings. The number of ketones is 2. The lowest BCUT2D eigenvalue weighted by molar-refractivity contribution is 0.0817. The summed E-state index contributed by atoms with van der Waals surface area (Å²) in [7, 11) is 1.56. The van der Waals surface area contributed by atoms with Crippen molar-refractivity contribution in [2.75, 3.05) is 7.11 Å². The van der Waals surface area contributed by atoms with Gasteiger partial charge in [0.1, 0.15) is 5.75 Å². The summed E-state index contributed by atoms with van der Waals surface area (Å²) in [4.78, 5) is 25.3. The molecule has 0 amide bonds. The molecule has 0 atom stereocenters. The number of halogens is 1. The van der Waals surface area contributed by atoms with Crippen LogP contribution in [-0.4, -0.2) is 18.7 Å². The van der Waals surface area contributed by atoms with Crippen LogP contribution in [0.15, 0.2) is 72.8 Å². The highest BCUT2D eigenvalue weighted by Gasteiger charge is 2.22. The topological polar surface area (TPSA) is 43.4 Å². The number of methoxy groups -OCH3 is 1. The maximum Gasteiger partial charge on any atom is 0.234 e. The van der Waals surface area contributed by atoms with Crippen molar-refractivity contribution in [3.05, 3.63) is 88.9 Å². The van der Waals surface area contributed by atoms with Gasteiger partial charge in [0.05, 0.1) is 12.1 Å². The van der Waals surface area contributed by atoms with E-state index in [-0.39, 0.29) is 0 Å². The Balaban J connectivity index is 2.05. The summed E-state index contributed by atoms with van der Waals surface area (Å²) in [6.07, 6.45) is 0. The Morgan fingerprint density at radius 3 is 2.16 bits per heavy atom. The van der Waals surface area contributed by atoms with Crippen LogP contribution in [-0.2, 0) is 0 Å². The largest absolute Gasteiger partial charge is 0.497 e. The molecule has 0 bridgehead atoms. The van der Waals surface area contributed by atoms with Crippen LogP contribution in [0.25, 0.3) is 11.1 Å². The van der Waals surface area contributed by atoms with Crippen molar-refractivity contribution in [1.82, 2.24) is 0 Å². The maximum absolute atomic E-state index is 12.8. The SMILES string of the molecule is COc1ccc(-c2ccccc2C(=O)C(=O)c2ccccc2)c(Cl)c1. The third-order valence-electron chi connectivity index (χ3n) is 3.88. The molecular weight excluding hydrogens is 336 g/mol. The van der Waals surface area contributed by atoms with Crippen molar-refractivity contribution in [2.45, 2.75) is 0 Å². The summed E-state index contributed by atoms with van der Waals surface area (Å²) in [5, 5.41) is 0.451. The molecule has 3 rings (SSSR count). The van der Waals surface area contributed by atoms with E-state index in [2.05, 4.69) is 0 Å². The quantitative estimate of drug-likeness (QED) is 0.476. The highest BCUT2D eigenvalue weighted by atomic mass is 35.5. The third-order valence-corrected chi connectivity index (χ3v) is 4.19. The summed E-state index contributed by atoms with van der Waals surface area (Å²) in [6.45, 7) is 0. The second-order valence-corrected chi connectivity index (χ2v) is 5.82. The number of rotatable bonds is 5. The molecule has 3 aromatic carbocycles. The van der Waals surface area contributed by atoms with Crippen LogP contribution >= 0.6 is 11.6 Å². The number of hydrogen-bond donors (Lipinski definition) is 0. The molecule has 0 aromatic heterocycles. The monoisotopic (exact) mass is 350 g/mol. The van der Waals surface area contributed by atoms with Crippen molar-refractivity contribution in [1.29, 1.82) is 0 Å². The first-order chi connectivity index (χ1) is 12.1. The fraction of sp³-hybridized carbons (Fsp3) is 0.0476. The van der Waals surface area contributed by atoms with Crippen LogP contribution in [0.4, 0.5) is 0 Å². The number of ether oxygens (including phenoxy) is 1. The highest BCUT2D eigenvalue weighted by Crippen LogP contribution is 2.33. The molecule has 0 N–H and O–H groups in total. The lowest BCUT2D eigenvalue weighted by Crippen LogP contribution is -2.15. The number of Topliss-reactive ketones (excluding diaryl/α,β-unsaturated/α-hetero) is 2. The minimum Gasteiger partial charge on any atom is -0.497 e. The number of hydrogen-bond acceptors (Lipinski definition) is 3. The summed E-state index contributed by atoms with van der Waals surface area (Å²) in [6, 6.07) is 20.7. The Kier molecular flexibility index (Phi) is 4.96. The second kappa shape index (κ2) is 7.32. The molecule has 3 aromatic rings. The lowest BCUT2D eigenvalue weighted by atomic mass is 9.93. The maximum atomic E-state index is 12.8. The Labute approximate surface area is 150 Å². The predicted molar refractivity (Wildman–Crippen MR) is 98.5 cm³/mol. The Hall–Kier alpha value is -2.91. The molecule has 0 saturated heterocycles. The standard InChI is InChI=1S/C21H15ClO3/c1-25-15-11-12-17(19(22)13-15)16-9-5-6-10-18(16)21(24)20(23)14-7-3-2-4-8-14/h2-13H,1H3. The molecule has 0 aliphatic carbocycles. The molecule has 0 radical (unpaired) electrons. The molecule has 4 heteroatoms. The zero-order valence-electron chi connectivity index (χ0n) is 13.5. The Morgan fingerprint density at radius 1 is 0.800 bits per heavy atom. The fourth-order valence-electron chi connectivity index (χ4n) is 2.60. The zero-order chi connectivity index (χ0) is 17.8. The van der Waals surface area contributed by atoms with Gasteiger partial charge in [-0.3, -0.25) is 9.59 Å². The molecule has 0 aliphatic rings. The van der Waals surface area contributed by atoms with Gasteiger partial charge in [0.15, 0.2) is 0 Å². The van der Waals surface area contributed by atoms with Gasteiger partial charge in [0, 0.05) is 16.7 Å². The van der Waals surface area contributed by atoms with Gasteiger partial charge in [0.2, 0.25) is 11.6 Å². The summed E-state index contributed by atoms with van der Waals surface area (Å²) < 4.78 is 5.15. The van der Waals surface area contributed by atoms with Crippen LogP contribution in [0.1, 0.15) is 20.7 Å². The zero-order valence-corrected chi connectivity index (χ0v) is 14.3. The van der Waals surface area contributed by atoms with Gasteiger partial charge in [-0.25, -0.2) is 0 Å². The minimum absolute atomic E-state index is 0.323. The number of benzene rings is 3. The summed E-state index contributed by atoms with van der Waals surface area (Å²) in [5.74, 6) is -0.482. The van der Waals surface area contributed by atoms with Crippen LogP contribution in [0.3, 0.4) is 0 Å². The van der Waals surface area contributed by atoms with Crippen molar-refractivity contribution in [2.24, 2.45) is 0 Å². The van der Waals surface area contributed by atoms with E-state index in [0.29, 0.717) is 33.0 Å². The average molecular weight is 351 g/mol. The van der Waals surface area contributed by atoms with Crippen molar-refractivity contribution < 1.29 is 14.3 Å². The van der Waals surface area contributed by atoms with Crippen LogP contribution in [0, 0.1) is 0 Å². The van der Waals surface area contributed by atoms with Gasteiger partial charge in [-0.05, 0) is 23.8 Å². The van der Waals surface area contributed by atoms with Gasteiger partial charge in [-0.2, -0.15) is 0 Å². The molecule has 124 valence electrons. The normalized spacial score (nSPS) is 10.3. The highest BCUT2D eigenvalue weighted by molar-refractivity contribution is 6.50. The average Bonchev–Trinajstić information content (AvgIpc) is 2.67. The molecule has 3 nitrogen and oxygen atoms in total. The first-order valence-electron chi connectivity index (χ1n) is 7.69. The summed E-state index contributed by atoms with van der Waals surface area (Å²) in [5.41, 5.74) is 1.98. The van der Waals surface area contributed by atoms with E-state index < -0.39 is 11.6 Å². The van der Waals surface area contributed by atoms with E-state index in [0.717, 1.165) is 0 Å². The molecule has 0 heterocycles. The van der Waals surface area contributed by atoms with E-state index in [1.54, 1.807) is 79.9 Å². The molecule has 0 unspecified atom stereocenters. The molecule has 0 spiro atoms. The fourth-order valence-corrected chi connectivity index (χ4v) is 2.87. The van der Waals surface area contributed by atoms with Crippen molar-refractivity contribution >= 4 is 23.2 Å². The third kappa shape index (κ3) is 3.47. The van der Waals surface area contributed by atoms with E-state index in [9.17, 15) is 9.59 Å². The predicted octanol–water partition coefficient (Wildman–Crippen LogP) is 5.08. The molecular formula is C21H15ClO3. The molecule has 0 saturated carbocycles. The first-order valence-corrected chi connectivity index (χ1v) is 8.06. The van der Waals surface area contributed by atoms with E-state index in [1.807, 2.05) is 0 Å². The second-order valence-electron chi connectivity index (χ2n) is 5.42.